The largest absolute Gasteiger partial charge is 0.481 e. The summed E-state index contributed by atoms with van der Waals surface area (Å²) in [6, 6.07) is 6.33. The van der Waals surface area contributed by atoms with Gasteiger partial charge in [-0.25, -0.2) is 0 Å². The Morgan fingerprint density at radius 2 is 2.20 bits per heavy atom. The highest BCUT2D eigenvalue weighted by molar-refractivity contribution is 9.10. The average Bonchev–Trinajstić information content (AvgIpc) is 2.37. The first-order valence-corrected chi connectivity index (χ1v) is 7.65. The summed E-state index contributed by atoms with van der Waals surface area (Å²) in [6.45, 7) is -0.140. The number of nitrogens with zero attached hydrogens (tertiary/aromatic N) is 2. The minimum atomic E-state index is -3.84. The maximum Gasteiger partial charge on any atom is 0.304 e. The molecule has 0 aliphatic heterocycles. The van der Waals surface area contributed by atoms with E-state index in [1.807, 2.05) is 6.07 Å². The number of carbonyl (C=O) groups is 1. The zero-order valence-corrected chi connectivity index (χ0v) is 12.9. The molecule has 0 aliphatic rings. The number of anilines is 1. The summed E-state index contributed by atoms with van der Waals surface area (Å²) in [6.07, 6.45) is -0.286. The van der Waals surface area contributed by atoms with Crippen molar-refractivity contribution in [3.8, 4) is 6.07 Å². The van der Waals surface area contributed by atoms with Crippen LogP contribution < -0.4 is 4.72 Å². The van der Waals surface area contributed by atoms with Gasteiger partial charge in [0.2, 0.25) is 0 Å². The van der Waals surface area contributed by atoms with E-state index in [-0.39, 0.29) is 18.7 Å². The molecule has 1 rings (SSSR count). The van der Waals surface area contributed by atoms with Gasteiger partial charge >= 0.3 is 16.2 Å². The van der Waals surface area contributed by atoms with Gasteiger partial charge in [0.15, 0.2) is 0 Å². The molecule has 0 spiro atoms. The number of aliphatic carboxylic acids is 1. The van der Waals surface area contributed by atoms with E-state index in [4.69, 9.17) is 10.4 Å². The number of hydrogen-bond donors (Lipinski definition) is 2. The number of halogens is 1. The van der Waals surface area contributed by atoms with Gasteiger partial charge < -0.3 is 5.11 Å². The van der Waals surface area contributed by atoms with E-state index < -0.39 is 16.2 Å². The van der Waals surface area contributed by atoms with Crippen molar-refractivity contribution in [1.82, 2.24) is 4.31 Å². The zero-order chi connectivity index (χ0) is 15.3. The molecule has 0 amide bonds. The third-order valence-electron chi connectivity index (χ3n) is 2.39. The number of carboxylic acid groups (broad SMARTS) is 1. The summed E-state index contributed by atoms with van der Waals surface area (Å²) in [4.78, 5) is 10.4. The average molecular weight is 362 g/mol. The lowest BCUT2D eigenvalue weighted by atomic mass is 10.2. The summed E-state index contributed by atoms with van der Waals surface area (Å²) < 4.78 is 27.6. The minimum Gasteiger partial charge on any atom is -0.481 e. The van der Waals surface area contributed by atoms with Gasteiger partial charge in [0.05, 0.1) is 23.7 Å². The third kappa shape index (κ3) is 4.48. The fourth-order valence-corrected chi connectivity index (χ4v) is 2.81. The highest BCUT2D eigenvalue weighted by atomic mass is 79.9. The molecule has 0 saturated heterocycles. The quantitative estimate of drug-likeness (QED) is 0.794. The SMILES string of the molecule is CN(CCC(=O)O)S(=O)(=O)Nc1ccc(C#N)cc1Br. The summed E-state index contributed by atoms with van der Waals surface area (Å²) in [5.41, 5.74) is 0.658. The van der Waals surface area contributed by atoms with Crippen LogP contribution in [0, 0.1) is 11.3 Å². The van der Waals surface area contributed by atoms with E-state index in [0.29, 0.717) is 10.0 Å². The Balaban J connectivity index is 2.86. The monoisotopic (exact) mass is 361 g/mol. The van der Waals surface area contributed by atoms with Crippen LogP contribution in [0.1, 0.15) is 12.0 Å². The van der Waals surface area contributed by atoms with Crippen LogP contribution in [0.5, 0.6) is 0 Å². The normalized spacial score (nSPS) is 11.1. The second kappa shape index (κ2) is 6.69. The molecular formula is C11H12BrN3O4S. The molecule has 0 atom stereocenters. The van der Waals surface area contributed by atoms with Crippen molar-refractivity contribution in [2.24, 2.45) is 0 Å². The van der Waals surface area contributed by atoms with E-state index in [0.717, 1.165) is 4.31 Å². The lowest BCUT2D eigenvalue weighted by Crippen LogP contribution is -2.34. The molecule has 0 unspecified atom stereocenters. The van der Waals surface area contributed by atoms with E-state index in [1.54, 1.807) is 0 Å². The van der Waals surface area contributed by atoms with Crippen LogP contribution in [0.25, 0.3) is 0 Å². The van der Waals surface area contributed by atoms with E-state index in [9.17, 15) is 13.2 Å². The van der Waals surface area contributed by atoms with Crippen molar-refractivity contribution in [2.75, 3.05) is 18.3 Å². The predicted octanol–water partition coefficient (Wildman–Crippen LogP) is 1.38. The van der Waals surface area contributed by atoms with E-state index in [2.05, 4.69) is 20.7 Å². The summed E-state index contributed by atoms with van der Waals surface area (Å²) in [5, 5.41) is 17.3. The number of nitrogens with one attached hydrogen (secondary N) is 1. The Morgan fingerprint density at radius 3 is 2.70 bits per heavy atom. The van der Waals surface area contributed by atoms with Crippen molar-refractivity contribution in [1.29, 1.82) is 5.26 Å². The molecule has 7 nitrogen and oxygen atoms in total. The molecule has 20 heavy (non-hydrogen) atoms. The Morgan fingerprint density at radius 1 is 1.55 bits per heavy atom. The van der Waals surface area contributed by atoms with Crippen LogP contribution in [0.15, 0.2) is 22.7 Å². The van der Waals surface area contributed by atoms with E-state index in [1.165, 1.54) is 25.2 Å². The molecule has 1 aromatic carbocycles. The van der Waals surface area contributed by atoms with Gasteiger partial charge in [0.1, 0.15) is 0 Å². The van der Waals surface area contributed by atoms with Gasteiger partial charge in [-0.1, -0.05) is 0 Å². The van der Waals surface area contributed by atoms with Crippen molar-refractivity contribution >= 4 is 37.8 Å². The molecule has 0 saturated carbocycles. The van der Waals surface area contributed by atoms with Crippen molar-refractivity contribution in [3.05, 3.63) is 28.2 Å². The Labute approximate surface area is 125 Å². The van der Waals surface area contributed by atoms with Gasteiger partial charge in [0, 0.05) is 18.1 Å². The van der Waals surface area contributed by atoms with Gasteiger partial charge in [-0.15, -0.1) is 0 Å². The predicted molar refractivity (Wildman–Crippen MR) is 76.3 cm³/mol. The standard InChI is InChI=1S/C11H12BrN3O4S/c1-15(5-4-11(16)17)20(18,19)14-10-3-2-8(7-13)6-9(10)12/h2-3,6,14H,4-5H2,1H3,(H,16,17). The second-order valence-corrected chi connectivity index (χ2v) is 6.51. The van der Waals surface area contributed by atoms with Crippen LogP contribution in [0.2, 0.25) is 0 Å². The van der Waals surface area contributed by atoms with Crippen molar-refractivity contribution < 1.29 is 18.3 Å². The Bertz CT molecular complexity index is 654. The number of benzene rings is 1. The number of nitriles is 1. The first-order chi connectivity index (χ1) is 9.26. The van der Waals surface area contributed by atoms with E-state index >= 15 is 0 Å². The molecule has 2 N–H and O–H groups in total. The summed E-state index contributed by atoms with van der Waals surface area (Å²) >= 11 is 3.16. The van der Waals surface area contributed by atoms with Crippen molar-refractivity contribution in [2.45, 2.75) is 6.42 Å². The molecule has 1 aromatic rings. The summed E-state index contributed by atoms with van der Waals surface area (Å²) in [7, 11) is -2.56. The number of rotatable bonds is 6. The second-order valence-electron chi connectivity index (χ2n) is 3.88. The Hall–Kier alpha value is -1.63. The Kier molecular flexibility index (Phi) is 5.50. The van der Waals surface area contributed by atoms with Gasteiger partial charge in [0.25, 0.3) is 0 Å². The topological polar surface area (TPSA) is 110 Å². The van der Waals surface area contributed by atoms with Gasteiger partial charge in [-0.05, 0) is 34.1 Å². The van der Waals surface area contributed by atoms with Gasteiger partial charge in [-0.2, -0.15) is 18.0 Å². The highest BCUT2D eigenvalue weighted by Crippen LogP contribution is 2.24. The first-order valence-electron chi connectivity index (χ1n) is 5.42. The maximum absolute atomic E-state index is 12.0. The number of carboxylic acids is 1. The third-order valence-corrected chi connectivity index (χ3v) is 4.53. The molecule has 0 radical (unpaired) electrons. The molecule has 0 aromatic heterocycles. The fourth-order valence-electron chi connectivity index (χ4n) is 1.26. The van der Waals surface area contributed by atoms with Crippen molar-refractivity contribution in [3.63, 3.8) is 0 Å². The molecule has 9 heteroatoms. The molecule has 0 bridgehead atoms. The highest BCUT2D eigenvalue weighted by Gasteiger charge is 2.19. The molecule has 0 aliphatic carbocycles. The summed E-state index contributed by atoms with van der Waals surface area (Å²) in [5.74, 6) is -1.08. The molecule has 108 valence electrons. The lowest BCUT2D eigenvalue weighted by molar-refractivity contribution is -0.137. The lowest BCUT2D eigenvalue weighted by Gasteiger charge is -2.18. The fraction of sp³-hybridized carbons (Fsp3) is 0.273. The zero-order valence-electron chi connectivity index (χ0n) is 10.5. The first kappa shape index (κ1) is 16.4. The van der Waals surface area contributed by atoms with Crippen LogP contribution in [0.3, 0.4) is 0 Å². The molecule has 0 fully saturated rings. The maximum atomic E-state index is 12.0. The van der Waals surface area contributed by atoms with Crippen LogP contribution in [-0.4, -0.2) is 37.4 Å². The van der Waals surface area contributed by atoms with Crippen LogP contribution >= 0.6 is 15.9 Å². The van der Waals surface area contributed by atoms with Crippen LogP contribution in [0.4, 0.5) is 5.69 Å². The minimum absolute atomic E-state index is 0.140. The molecule has 0 heterocycles. The van der Waals surface area contributed by atoms with Crippen LogP contribution in [-0.2, 0) is 15.0 Å². The van der Waals surface area contributed by atoms with Gasteiger partial charge in [-0.3, -0.25) is 9.52 Å². The smallest absolute Gasteiger partial charge is 0.304 e. The number of hydrogen-bond acceptors (Lipinski definition) is 4. The molecular weight excluding hydrogens is 350 g/mol.